The Morgan fingerprint density at radius 1 is 1.69 bits per heavy atom. The van der Waals surface area contributed by atoms with E-state index in [2.05, 4.69) is 10.2 Å². The van der Waals surface area contributed by atoms with E-state index in [4.69, 9.17) is 4.74 Å². The molecule has 0 saturated heterocycles. The van der Waals surface area contributed by atoms with Crippen molar-refractivity contribution in [2.75, 3.05) is 6.61 Å². The molecule has 0 aliphatic carbocycles. The smallest absolute Gasteiger partial charge is 0.313 e. The third-order valence-electron chi connectivity index (χ3n) is 2.70. The third kappa shape index (κ3) is 1.91. The van der Waals surface area contributed by atoms with E-state index in [1.165, 1.54) is 0 Å². The molecule has 0 saturated carbocycles. The highest BCUT2D eigenvalue weighted by molar-refractivity contribution is 5.41. The number of ether oxygens (including phenoxy) is 1. The molecule has 6 heteroatoms. The normalized spacial score (nSPS) is 20.2. The summed E-state index contributed by atoms with van der Waals surface area (Å²) in [5.41, 5.74) is 1.10. The Bertz CT molecular complexity index is 415. The molecule has 0 bridgehead atoms. The molecule has 1 unspecified atom stereocenters. The van der Waals surface area contributed by atoms with Gasteiger partial charge in [-0.2, -0.15) is 5.10 Å². The van der Waals surface area contributed by atoms with E-state index < -0.39 is 0 Å². The Morgan fingerprint density at radius 2 is 2.50 bits per heavy atom. The number of aromatic nitrogens is 2. The van der Waals surface area contributed by atoms with Crippen molar-refractivity contribution in [3.05, 3.63) is 33.8 Å². The van der Waals surface area contributed by atoms with Crippen LogP contribution in [0.25, 0.3) is 0 Å². The fraction of sp³-hybridized carbons (Fsp3) is 0.500. The lowest BCUT2D eigenvalue weighted by atomic mass is 9.99. The molecular formula is C10H13N3O3. The number of hydrogen-bond acceptors (Lipinski definition) is 4. The second-order valence-corrected chi connectivity index (χ2v) is 3.81. The van der Waals surface area contributed by atoms with Gasteiger partial charge >= 0.3 is 5.69 Å². The fourth-order valence-electron chi connectivity index (χ4n) is 1.88. The van der Waals surface area contributed by atoms with Gasteiger partial charge in [0, 0.05) is 5.92 Å². The summed E-state index contributed by atoms with van der Waals surface area (Å²) >= 11 is 0. The van der Waals surface area contributed by atoms with Gasteiger partial charge in [0.1, 0.15) is 11.4 Å². The first kappa shape index (κ1) is 10.7. The first-order valence-electron chi connectivity index (χ1n) is 5.16. The van der Waals surface area contributed by atoms with Crippen LogP contribution in [0.1, 0.15) is 30.1 Å². The zero-order valence-corrected chi connectivity index (χ0v) is 8.97. The Morgan fingerprint density at radius 3 is 3.25 bits per heavy atom. The fourth-order valence-corrected chi connectivity index (χ4v) is 1.88. The Labute approximate surface area is 92.5 Å². The van der Waals surface area contributed by atoms with Crippen molar-refractivity contribution in [1.82, 2.24) is 10.2 Å². The van der Waals surface area contributed by atoms with Crippen molar-refractivity contribution in [1.29, 1.82) is 0 Å². The van der Waals surface area contributed by atoms with E-state index in [9.17, 15) is 10.1 Å². The molecule has 16 heavy (non-hydrogen) atoms. The second kappa shape index (κ2) is 4.34. The van der Waals surface area contributed by atoms with Gasteiger partial charge in [-0.3, -0.25) is 15.2 Å². The maximum atomic E-state index is 10.9. The average molecular weight is 223 g/mol. The molecule has 1 atom stereocenters. The van der Waals surface area contributed by atoms with E-state index in [-0.39, 0.29) is 16.5 Å². The maximum Gasteiger partial charge on any atom is 0.313 e. The van der Waals surface area contributed by atoms with E-state index in [1.54, 1.807) is 13.2 Å². The number of aromatic amines is 1. The molecule has 0 fully saturated rings. The minimum absolute atomic E-state index is 0.0107. The molecule has 1 aliphatic rings. The van der Waals surface area contributed by atoms with Crippen molar-refractivity contribution in [2.24, 2.45) is 0 Å². The highest BCUT2D eigenvalue weighted by atomic mass is 16.6. The van der Waals surface area contributed by atoms with Gasteiger partial charge in [-0.1, -0.05) is 0 Å². The summed E-state index contributed by atoms with van der Waals surface area (Å²) < 4.78 is 5.25. The van der Waals surface area contributed by atoms with Gasteiger partial charge in [0.25, 0.3) is 0 Å². The number of allylic oxidation sites excluding steroid dienone is 1. The van der Waals surface area contributed by atoms with Crippen molar-refractivity contribution >= 4 is 5.69 Å². The monoisotopic (exact) mass is 223 g/mol. The first-order valence-corrected chi connectivity index (χ1v) is 5.16. The molecule has 1 aromatic rings. The predicted molar refractivity (Wildman–Crippen MR) is 57.0 cm³/mol. The summed E-state index contributed by atoms with van der Waals surface area (Å²) in [5.74, 6) is 0.0107. The van der Waals surface area contributed by atoms with Crippen molar-refractivity contribution < 1.29 is 9.66 Å². The molecule has 2 rings (SSSR count). The molecule has 6 nitrogen and oxygen atoms in total. The summed E-state index contributed by atoms with van der Waals surface area (Å²) in [6.07, 6.45) is 5.27. The molecule has 0 spiro atoms. The SMILES string of the molecule is Cc1n[nH]c(C2CCC=COC2)c1[N+](=O)[O-]. The van der Waals surface area contributed by atoms with Crippen LogP contribution in [-0.4, -0.2) is 21.7 Å². The molecule has 86 valence electrons. The minimum Gasteiger partial charge on any atom is -0.501 e. The number of H-pyrrole nitrogens is 1. The van der Waals surface area contributed by atoms with Crippen molar-refractivity contribution in [3.8, 4) is 0 Å². The number of nitrogens with zero attached hydrogens (tertiary/aromatic N) is 2. The molecule has 0 amide bonds. The van der Waals surface area contributed by atoms with Gasteiger partial charge < -0.3 is 4.74 Å². The van der Waals surface area contributed by atoms with E-state index in [0.29, 0.717) is 18.0 Å². The second-order valence-electron chi connectivity index (χ2n) is 3.81. The Balaban J connectivity index is 2.29. The number of rotatable bonds is 2. The zero-order valence-electron chi connectivity index (χ0n) is 8.97. The van der Waals surface area contributed by atoms with Gasteiger partial charge in [0.05, 0.1) is 17.8 Å². The highest BCUT2D eigenvalue weighted by Crippen LogP contribution is 2.31. The molecular weight excluding hydrogens is 210 g/mol. The molecule has 0 aromatic carbocycles. The minimum atomic E-state index is -0.382. The van der Waals surface area contributed by atoms with Crippen LogP contribution in [0.4, 0.5) is 5.69 Å². The van der Waals surface area contributed by atoms with Gasteiger partial charge in [0.15, 0.2) is 0 Å². The highest BCUT2D eigenvalue weighted by Gasteiger charge is 2.28. The lowest BCUT2D eigenvalue weighted by Gasteiger charge is -2.10. The summed E-state index contributed by atoms with van der Waals surface area (Å²) in [6, 6.07) is 0. The van der Waals surface area contributed by atoms with E-state index in [1.807, 2.05) is 6.08 Å². The third-order valence-corrected chi connectivity index (χ3v) is 2.70. The van der Waals surface area contributed by atoms with E-state index in [0.717, 1.165) is 12.8 Å². The largest absolute Gasteiger partial charge is 0.501 e. The maximum absolute atomic E-state index is 10.9. The standard InChI is InChI=1S/C10H13N3O3/c1-7-10(13(14)15)9(12-11-7)8-4-2-3-5-16-6-8/h3,5,8H,2,4,6H2,1H3,(H,11,12). The summed E-state index contributed by atoms with van der Waals surface area (Å²) in [6.45, 7) is 2.09. The average Bonchev–Trinajstić information content (AvgIpc) is 2.50. The van der Waals surface area contributed by atoms with Crippen LogP contribution in [0.2, 0.25) is 0 Å². The van der Waals surface area contributed by atoms with E-state index >= 15 is 0 Å². The van der Waals surface area contributed by atoms with Gasteiger partial charge in [-0.15, -0.1) is 0 Å². The van der Waals surface area contributed by atoms with Gasteiger partial charge in [0.2, 0.25) is 0 Å². The summed E-state index contributed by atoms with van der Waals surface area (Å²) in [5, 5.41) is 17.6. The lowest BCUT2D eigenvalue weighted by molar-refractivity contribution is -0.386. The number of nitro groups is 1. The summed E-state index contributed by atoms with van der Waals surface area (Å²) in [4.78, 5) is 10.5. The Kier molecular flexibility index (Phi) is 2.89. The molecule has 2 heterocycles. The lowest BCUT2D eigenvalue weighted by Crippen LogP contribution is -2.07. The van der Waals surface area contributed by atoms with Crippen LogP contribution in [0.15, 0.2) is 12.3 Å². The van der Waals surface area contributed by atoms with Crippen molar-refractivity contribution in [3.63, 3.8) is 0 Å². The predicted octanol–water partition coefficient (Wildman–Crippen LogP) is 2.03. The van der Waals surface area contributed by atoms with Crippen molar-refractivity contribution in [2.45, 2.75) is 25.7 Å². The van der Waals surface area contributed by atoms with Crippen LogP contribution in [-0.2, 0) is 4.74 Å². The zero-order chi connectivity index (χ0) is 11.5. The number of aryl methyl sites for hydroxylation is 1. The Hall–Kier alpha value is -1.85. The van der Waals surface area contributed by atoms with Crippen LogP contribution < -0.4 is 0 Å². The molecule has 0 radical (unpaired) electrons. The number of nitrogens with one attached hydrogen (secondary N) is 1. The molecule has 1 aliphatic heterocycles. The van der Waals surface area contributed by atoms with Crippen LogP contribution in [0.3, 0.4) is 0 Å². The van der Waals surface area contributed by atoms with Gasteiger partial charge in [-0.05, 0) is 25.8 Å². The molecule has 1 N–H and O–H groups in total. The quantitative estimate of drug-likeness (QED) is 0.614. The van der Waals surface area contributed by atoms with Gasteiger partial charge in [-0.25, -0.2) is 0 Å². The number of hydrogen-bond donors (Lipinski definition) is 1. The molecule has 1 aromatic heterocycles. The first-order chi connectivity index (χ1) is 7.70. The van der Waals surface area contributed by atoms with Crippen LogP contribution in [0.5, 0.6) is 0 Å². The van der Waals surface area contributed by atoms with Crippen LogP contribution >= 0.6 is 0 Å². The topological polar surface area (TPSA) is 81.0 Å². The summed E-state index contributed by atoms with van der Waals surface area (Å²) in [7, 11) is 0. The van der Waals surface area contributed by atoms with Crippen LogP contribution in [0, 0.1) is 17.0 Å².